The summed E-state index contributed by atoms with van der Waals surface area (Å²) in [5, 5.41) is 2.93. The van der Waals surface area contributed by atoms with Gasteiger partial charge in [0.1, 0.15) is 10.6 Å². The highest BCUT2D eigenvalue weighted by Gasteiger charge is 2.35. The van der Waals surface area contributed by atoms with Crippen LogP contribution >= 0.6 is 15.9 Å². The molecule has 2 amide bonds. The monoisotopic (exact) mass is 353 g/mol. The van der Waals surface area contributed by atoms with Crippen LogP contribution in [0.5, 0.6) is 0 Å². The number of rotatable bonds is 3. The summed E-state index contributed by atoms with van der Waals surface area (Å²) in [5.41, 5.74) is 0.476. The number of aromatic nitrogens is 1. The van der Waals surface area contributed by atoms with Gasteiger partial charge in [-0.25, -0.2) is 4.98 Å². The Kier molecular flexibility index (Phi) is 4.21. The van der Waals surface area contributed by atoms with E-state index < -0.39 is 6.04 Å². The highest BCUT2D eigenvalue weighted by molar-refractivity contribution is 9.10. The molecule has 1 aliphatic heterocycles. The molecule has 0 radical (unpaired) electrons. The maximum Gasteiger partial charge on any atom is 0.256 e. The van der Waals surface area contributed by atoms with Crippen LogP contribution in [0.2, 0.25) is 0 Å². The van der Waals surface area contributed by atoms with Gasteiger partial charge in [0.15, 0.2) is 0 Å². The van der Waals surface area contributed by atoms with E-state index in [9.17, 15) is 9.59 Å². The van der Waals surface area contributed by atoms with Gasteiger partial charge in [-0.05, 0) is 40.9 Å². The summed E-state index contributed by atoms with van der Waals surface area (Å²) in [6.07, 6.45) is 3.55. The largest absolute Gasteiger partial charge is 0.377 e. The maximum absolute atomic E-state index is 12.6. The summed E-state index contributed by atoms with van der Waals surface area (Å²) in [5.74, 6) is -0.315. The lowest BCUT2D eigenvalue weighted by Crippen LogP contribution is -2.56. The number of nitrogens with zero attached hydrogens (tertiary/aromatic N) is 2. The number of amides is 2. The zero-order valence-electron chi connectivity index (χ0n) is 11.4. The Morgan fingerprint density at radius 2 is 2.19 bits per heavy atom. The van der Waals surface area contributed by atoms with E-state index in [0.717, 1.165) is 12.8 Å². The minimum atomic E-state index is -0.560. The second-order valence-electron chi connectivity index (χ2n) is 5.24. The van der Waals surface area contributed by atoms with E-state index in [1.54, 1.807) is 17.0 Å². The summed E-state index contributed by atoms with van der Waals surface area (Å²) in [7, 11) is 0. The third-order valence-corrected chi connectivity index (χ3v) is 4.06. The number of ether oxygens (including phenoxy) is 1. The Morgan fingerprint density at radius 1 is 1.38 bits per heavy atom. The molecule has 112 valence electrons. The number of nitrogens with one attached hydrogen (secondary N) is 1. The van der Waals surface area contributed by atoms with Crippen molar-refractivity contribution in [1.29, 1.82) is 0 Å². The molecular formula is C14H16BrN3O3. The number of morpholine rings is 1. The standard InChI is InChI=1S/C14H16BrN3O3/c15-12-4-1-9(7-16-12)14(20)18-5-6-21-8-11(18)13(19)17-10-2-3-10/h1,4,7,10-11H,2-3,5-6,8H2,(H,17,19). The minimum absolute atomic E-state index is 0.129. The quantitative estimate of drug-likeness (QED) is 0.821. The highest BCUT2D eigenvalue weighted by atomic mass is 79.9. The van der Waals surface area contributed by atoms with Crippen LogP contribution in [0.4, 0.5) is 0 Å². The lowest BCUT2D eigenvalue weighted by atomic mass is 10.1. The fraction of sp³-hybridized carbons (Fsp3) is 0.500. The summed E-state index contributed by atoms with van der Waals surface area (Å²) in [4.78, 5) is 30.4. The predicted octanol–water partition coefficient (Wildman–Crippen LogP) is 0.964. The first-order valence-electron chi connectivity index (χ1n) is 6.96. The molecule has 7 heteroatoms. The number of carbonyl (C=O) groups is 2. The van der Waals surface area contributed by atoms with Crippen LogP contribution in [0.25, 0.3) is 0 Å². The molecule has 6 nitrogen and oxygen atoms in total. The van der Waals surface area contributed by atoms with Crippen molar-refractivity contribution in [3.8, 4) is 0 Å². The van der Waals surface area contributed by atoms with Gasteiger partial charge in [0.2, 0.25) is 5.91 Å². The average Bonchev–Trinajstić information content (AvgIpc) is 3.31. The molecule has 1 atom stereocenters. The van der Waals surface area contributed by atoms with Gasteiger partial charge < -0.3 is 15.0 Å². The van der Waals surface area contributed by atoms with Crippen LogP contribution in [0.15, 0.2) is 22.9 Å². The van der Waals surface area contributed by atoms with Crippen molar-refractivity contribution in [2.45, 2.75) is 24.9 Å². The Bertz CT molecular complexity index is 545. The fourth-order valence-electron chi connectivity index (χ4n) is 2.26. The van der Waals surface area contributed by atoms with Crippen molar-refractivity contribution in [2.24, 2.45) is 0 Å². The zero-order chi connectivity index (χ0) is 14.8. The van der Waals surface area contributed by atoms with Crippen LogP contribution in [0.3, 0.4) is 0 Å². The summed E-state index contributed by atoms with van der Waals surface area (Å²) in [6, 6.07) is 3.12. The first-order chi connectivity index (χ1) is 10.1. The van der Waals surface area contributed by atoms with Gasteiger partial charge >= 0.3 is 0 Å². The molecule has 1 N–H and O–H groups in total. The molecule has 1 aromatic heterocycles. The number of hydrogen-bond acceptors (Lipinski definition) is 4. The van der Waals surface area contributed by atoms with Gasteiger partial charge in [0, 0.05) is 18.8 Å². The van der Waals surface area contributed by atoms with Crippen LogP contribution < -0.4 is 5.32 Å². The molecule has 2 heterocycles. The van der Waals surface area contributed by atoms with Crippen molar-refractivity contribution in [2.75, 3.05) is 19.8 Å². The normalized spacial score (nSPS) is 22.0. The molecule has 0 aromatic carbocycles. The van der Waals surface area contributed by atoms with Crippen molar-refractivity contribution in [3.63, 3.8) is 0 Å². The number of halogens is 1. The first-order valence-corrected chi connectivity index (χ1v) is 7.75. The lowest BCUT2D eigenvalue weighted by Gasteiger charge is -2.34. The molecule has 1 aliphatic carbocycles. The van der Waals surface area contributed by atoms with E-state index in [4.69, 9.17) is 4.74 Å². The molecule has 21 heavy (non-hydrogen) atoms. The van der Waals surface area contributed by atoms with Crippen molar-refractivity contribution >= 4 is 27.7 Å². The van der Waals surface area contributed by atoms with Crippen molar-refractivity contribution in [1.82, 2.24) is 15.2 Å². The molecule has 0 spiro atoms. The third kappa shape index (κ3) is 3.41. The Hall–Kier alpha value is -1.47. The smallest absolute Gasteiger partial charge is 0.256 e. The van der Waals surface area contributed by atoms with Crippen molar-refractivity contribution in [3.05, 3.63) is 28.5 Å². The van der Waals surface area contributed by atoms with Crippen LogP contribution in [-0.2, 0) is 9.53 Å². The predicted molar refractivity (Wildman–Crippen MR) is 78.7 cm³/mol. The highest BCUT2D eigenvalue weighted by Crippen LogP contribution is 2.20. The van der Waals surface area contributed by atoms with E-state index in [1.807, 2.05) is 0 Å². The number of hydrogen-bond donors (Lipinski definition) is 1. The fourth-order valence-corrected chi connectivity index (χ4v) is 2.49. The van der Waals surface area contributed by atoms with E-state index >= 15 is 0 Å². The summed E-state index contributed by atoms with van der Waals surface area (Å²) < 4.78 is 6.03. The molecule has 1 aromatic rings. The van der Waals surface area contributed by atoms with Crippen LogP contribution in [0, 0.1) is 0 Å². The van der Waals surface area contributed by atoms with Gasteiger partial charge in [0.25, 0.3) is 5.91 Å². The van der Waals surface area contributed by atoms with E-state index in [2.05, 4.69) is 26.2 Å². The number of carbonyl (C=O) groups excluding carboxylic acids is 2. The van der Waals surface area contributed by atoms with Gasteiger partial charge in [-0.3, -0.25) is 9.59 Å². The van der Waals surface area contributed by atoms with Gasteiger partial charge in [-0.1, -0.05) is 0 Å². The Balaban J connectivity index is 1.74. The molecular weight excluding hydrogens is 338 g/mol. The van der Waals surface area contributed by atoms with E-state index in [-0.39, 0.29) is 24.5 Å². The molecule has 2 fully saturated rings. The van der Waals surface area contributed by atoms with E-state index in [1.165, 1.54) is 6.20 Å². The lowest BCUT2D eigenvalue weighted by molar-refractivity contribution is -0.130. The topological polar surface area (TPSA) is 71.5 Å². The van der Waals surface area contributed by atoms with Crippen molar-refractivity contribution < 1.29 is 14.3 Å². The van der Waals surface area contributed by atoms with Crippen LogP contribution in [0.1, 0.15) is 23.2 Å². The van der Waals surface area contributed by atoms with Gasteiger partial charge in [-0.15, -0.1) is 0 Å². The van der Waals surface area contributed by atoms with Gasteiger partial charge in [-0.2, -0.15) is 0 Å². The van der Waals surface area contributed by atoms with Gasteiger partial charge in [0.05, 0.1) is 18.8 Å². The average molecular weight is 354 g/mol. The Labute approximate surface area is 131 Å². The SMILES string of the molecule is O=C(NC1CC1)C1COCCN1C(=O)c1ccc(Br)nc1. The second kappa shape index (κ2) is 6.11. The molecule has 1 saturated carbocycles. The van der Waals surface area contributed by atoms with E-state index in [0.29, 0.717) is 23.3 Å². The molecule has 1 unspecified atom stereocenters. The second-order valence-corrected chi connectivity index (χ2v) is 6.05. The molecule has 3 rings (SSSR count). The third-order valence-electron chi connectivity index (χ3n) is 3.59. The molecule has 1 saturated heterocycles. The van der Waals surface area contributed by atoms with Crippen LogP contribution in [-0.4, -0.2) is 53.5 Å². The summed E-state index contributed by atoms with van der Waals surface area (Å²) >= 11 is 3.24. The first kappa shape index (κ1) is 14.5. The number of pyridine rings is 1. The minimum Gasteiger partial charge on any atom is -0.377 e. The summed E-state index contributed by atoms with van der Waals surface area (Å²) in [6.45, 7) is 1.11. The molecule has 2 aliphatic rings. The molecule has 0 bridgehead atoms. The Morgan fingerprint density at radius 3 is 2.86 bits per heavy atom. The zero-order valence-corrected chi connectivity index (χ0v) is 13.0. The maximum atomic E-state index is 12.6.